The summed E-state index contributed by atoms with van der Waals surface area (Å²) in [5.41, 5.74) is 2.54. The van der Waals surface area contributed by atoms with E-state index in [2.05, 4.69) is 5.32 Å². The normalized spacial score (nSPS) is 11.6. The maximum absolute atomic E-state index is 13.1. The largest absolute Gasteiger partial charge is 0.325 e. The number of nitrogens with zero attached hydrogens (tertiary/aromatic N) is 1. The molecule has 8 heteroatoms. The summed E-state index contributed by atoms with van der Waals surface area (Å²) >= 11 is 5.82. The van der Waals surface area contributed by atoms with Gasteiger partial charge in [0.1, 0.15) is 10.7 Å². The molecule has 0 radical (unpaired) electrons. The Balaban J connectivity index is 2.16. The molecule has 1 amide bonds. The summed E-state index contributed by atoms with van der Waals surface area (Å²) in [6.07, 6.45) is 0. The number of aryl methyl sites for hydroxylation is 1. The summed E-state index contributed by atoms with van der Waals surface area (Å²) in [6.45, 7) is 3.38. The van der Waals surface area contributed by atoms with Gasteiger partial charge in [0.15, 0.2) is 0 Å². The molecule has 0 aliphatic rings. The van der Waals surface area contributed by atoms with E-state index in [0.717, 1.165) is 33.6 Å². The summed E-state index contributed by atoms with van der Waals surface area (Å²) in [5, 5.41) is 2.46. The van der Waals surface area contributed by atoms with Crippen molar-refractivity contribution in [1.82, 2.24) is 4.31 Å². The predicted octanol–water partition coefficient (Wildman–Crippen LogP) is 3.36. The highest BCUT2D eigenvalue weighted by molar-refractivity contribution is 7.89. The van der Waals surface area contributed by atoms with Crippen LogP contribution in [0.3, 0.4) is 0 Å². The van der Waals surface area contributed by atoms with Crippen molar-refractivity contribution in [3.05, 3.63) is 58.4 Å². The summed E-state index contributed by atoms with van der Waals surface area (Å²) < 4.78 is 39.0. The lowest BCUT2D eigenvalue weighted by molar-refractivity contribution is -0.116. The van der Waals surface area contributed by atoms with Crippen LogP contribution in [-0.4, -0.2) is 32.2 Å². The van der Waals surface area contributed by atoms with Gasteiger partial charge in [-0.05, 0) is 49.2 Å². The van der Waals surface area contributed by atoms with Gasteiger partial charge in [-0.2, -0.15) is 4.31 Å². The van der Waals surface area contributed by atoms with E-state index in [9.17, 15) is 17.6 Å². The molecule has 0 spiro atoms. The molecule has 0 saturated heterocycles. The van der Waals surface area contributed by atoms with E-state index in [0.29, 0.717) is 5.69 Å². The van der Waals surface area contributed by atoms with Crippen LogP contribution in [0, 0.1) is 19.7 Å². The first kappa shape index (κ1) is 19.4. The van der Waals surface area contributed by atoms with Crippen LogP contribution in [0.2, 0.25) is 5.02 Å². The number of sulfonamides is 1. The molecule has 0 unspecified atom stereocenters. The molecule has 0 heterocycles. The Morgan fingerprint density at radius 1 is 1.24 bits per heavy atom. The standard InChI is InChI=1S/C17H18ClFN2O3S/c1-11-5-4-6-15(12(11)2)20-17(22)10-21(3)25(23,24)16-8-7-13(19)9-14(16)18/h4-9H,10H2,1-3H3,(H,20,22). The van der Waals surface area contributed by atoms with E-state index >= 15 is 0 Å². The number of likely N-dealkylation sites (N-methyl/N-ethyl adjacent to an activating group) is 1. The molecule has 25 heavy (non-hydrogen) atoms. The van der Waals surface area contributed by atoms with Gasteiger partial charge in [0.2, 0.25) is 15.9 Å². The minimum absolute atomic E-state index is 0.234. The van der Waals surface area contributed by atoms with Crippen LogP contribution < -0.4 is 5.32 Å². The monoisotopic (exact) mass is 384 g/mol. The maximum Gasteiger partial charge on any atom is 0.244 e. The van der Waals surface area contributed by atoms with E-state index in [4.69, 9.17) is 11.6 Å². The number of nitrogens with one attached hydrogen (secondary N) is 1. The molecule has 2 aromatic rings. The summed E-state index contributed by atoms with van der Waals surface area (Å²) in [5.74, 6) is -1.13. The molecule has 0 aliphatic heterocycles. The molecule has 0 fully saturated rings. The van der Waals surface area contributed by atoms with E-state index in [1.165, 1.54) is 7.05 Å². The fourth-order valence-corrected chi connectivity index (χ4v) is 3.84. The van der Waals surface area contributed by atoms with Crippen LogP contribution in [0.4, 0.5) is 10.1 Å². The molecule has 134 valence electrons. The number of hydrogen-bond donors (Lipinski definition) is 1. The minimum atomic E-state index is -4.02. The van der Waals surface area contributed by atoms with Crippen LogP contribution in [0.1, 0.15) is 11.1 Å². The van der Waals surface area contributed by atoms with Crippen LogP contribution in [0.15, 0.2) is 41.3 Å². The highest BCUT2D eigenvalue weighted by atomic mass is 35.5. The first-order chi connectivity index (χ1) is 11.6. The van der Waals surface area contributed by atoms with E-state index in [1.807, 2.05) is 19.9 Å². The van der Waals surface area contributed by atoms with Crippen molar-refractivity contribution in [2.24, 2.45) is 0 Å². The molecule has 5 nitrogen and oxygen atoms in total. The number of carbonyl (C=O) groups is 1. The van der Waals surface area contributed by atoms with Gasteiger partial charge in [0, 0.05) is 12.7 Å². The SMILES string of the molecule is Cc1cccc(NC(=O)CN(C)S(=O)(=O)c2ccc(F)cc2Cl)c1C. The Hall–Kier alpha value is -1.96. The molecule has 2 rings (SSSR count). The smallest absolute Gasteiger partial charge is 0.244 e. The second-order valence-electron chi connectivity index (χ2n) is 5.63. The molecular weight excluding hydrogens is 367 g/mol. The van der Waals surface area contributed by atoms with Crippen LogP contribution >= 0.6 is 11.6 Å². The number of rotatable bonds is 5. The topological polar surface area (TPSA) is 66.5 Å². The Morgan fingerprint density at radius 2 is 1.92 bits per heavy atom. The highest BCUT2D eigenvalue weighted by Crippen LogP contribution is 2.25. The van der Waals surface area contributed by atoms with Crippen molar-refractivity contribution in [2.45, 2.75) is 18.7 Å². The van der Waals surface area contributed by atoms with Crippen LogP contribution in [0.5, 0.6) is 0 Å². The Labute approximate surface area is 151 Å². The number of benzene rings is 2. The molecule has 0 bridgehead atoms. The van der Waals surface area contributed by atoms with Crippen LogP contribution in [-0.2, 0) is 14.8 Å². The lowest BCUT2D eigenvalue weighted by Gasteiger charge is -2.18. The Bertz CT molecular complexity index is 916. The first-order valence-electron chi connectivity index (χ1n) is 7.40. The molecule has 0 aromatic heterocycles. The van der Waals surface area contributed by atoms with Crippen molar-refractivity contribution in [1.29, 1.82) is 0 Å². The second kappa shape index (κ2) is 7.51. The van der Waals surface area contributed by atoms with E-state index in [1.54, 1.807) is 12.1 Å². The van der Waals surface area contributed by atoms with Crippen molar-refractivity contribution in [3.8, 4) is 0 Å². The van der Waals surface area contributed by atoms with E-state index in [-0.39, 0.29) is 9.92 Å². The molecule has 0 saturated carbocycles. The predicted molar refractivity (Wildman–Crippen MR) is 95.8 cm³/mol. The zero-order chi connectivity index (χ0) is 18.8. The van der Waals surface area contributed by atoms with Gasteiger partial charge >= 0.3 is 0 Å². The molecule has 0 aliphatic carbocycles. The van der Waals surface area contributed by atoms with Crippen molar-refractivity contribution in [2.75, 3.05) is 18.9 Å². The number of amides is 1. The zero-order valence-corrected chi connectivity index (χ0v) is 15.6. The van der Waals surface area contributed by atoms with Crippen molar-refractivity contribution < 1.29 is 17.6 Å². The third-order valence-electron chi connectivity index (χ3n) is 3.83. The minimum Gasteiger partial charge on any atom is -0.325 e. The average Bonchev–Trinajstić information content (AvgIpc) is 2.51. The Kier molecular flexibility index (Phi) is 5.82. The van der Waals surface area contributed by atoms with Crippen molar-refractivity contribution >= 4 is 33.2 Å². The van der Waals surface area contributed by atoms with Gasteiger partial charge in [-0.1, -0.05) is 23.7 Å². The molecule has 0 atom stereocenters. The maximum atomic E-state index is 13.1. The van der Waals surface area contributed by atoms with Gasteiger partial charge < -0.3 is 5.32 Å². The fourth-order valence-electron chi connectivity index (χ4n) is 2.22. The first-order valence-corrected chi connectivity index (χ1v) is 9.22. The quantitative estimate of drug-likeness (QED) is 0.859. The van der Waals surface area contributed by atoms with Gasteiger partial charge in [-0.15, -0.1) is 0 Å². The number of carbonyl (C=O) groups excluding carboxylic acids is 1. The second-order valence-corrected chi connectivity index (χ2v) is 8.05. The average molecular weight is 385 g/mol. The summed E-state index contributed by atoms with van der Waals surface area (Å²) in [6, 6.07) is 8.45. The zero-order valence-electron chi connectivity index (χ0n) is 14.0. The number of hydrogen-bond acceptors (Lipinski definition) is 3. The lowest BCUT2D eigenvalue weighted by Crippen LogP contribution is -2.35. The van der Waals surface area contributed by atoms with Crippen molar-refractivity contribution in [3.63, 3.8) is 0 Å². The Morgan fingerprint density at radius 3 is 2.56 bits per heavy atom. The van der Waals surface area contributed by atoms with Gasteiger partial charge in [-0.3, -0.25) is 4.79 Å². The lowest BCUT2D eigenvalue weighted by atomic mass is 10.1. The molecule has 1 N–H and O–H groups in total. The highest BCUT2D eigenvalue weighted by Gasteiger charge is 2.25. The summed E-state index contributed by atoms with van der Waals surface area (Å²) in [7, 11) is -2.76. The third kappa shape index (κ3) is 4.36. The molecular formula is C17H18ClFN2O3S. The van der Waals surface area contributed by atoms with Gasteiger partial charge in [-0.25, -0.2) is 12.8 Å². The third-order valence-corrected chi connectivity index (χ3v) is 6.11. The van der Waals surface area contributed by atoms with E-state index < -0.39 is 28.3 Å². The fraction of sp³-hybridized carbons (Fsp3) is 0.235. The van der Waals surface area contributed by atoms with Gasteiger partial charge in [0.25, 0.3) is 0 Å². The van der Waals surface area contributed by atoms with Crippen LogP contribution in [0.25, 0.3) is 0 Å². The summed E-state index contributed by atoms with van der Waals surface area (Å²) in [4.78, 5) is 11.9. The van der Waals surface area contributed by atoms with Gasteiger partial charge in [0.05, 0.1) is 11.6 Å². The number of anilines is 1. The number of halogens is 2. The molecule has 2 aromatic carbocycles.